The van der Waals surface area contributed by atoms with Crippen molar-refractivity contribution in [1.29, 1.82) is 0 Å². The number of piperazine rings is 1. The van der Waals surface area contributed by atoms with E-state index in [1.165, 1.54) is 17.8 Å². The van der Waals surface area contributed by atoms with Crippen LogP contribution >= 0.6 is 35.3 Å². The van der Waals surface area contributed by atoms with E-state index in [-0.39, 0.29) is 24.0 Å². The van der Waals surface area contributed by atoms with Crippen molar-refractivity contribution < 1.29 is 4.74 Å². The van der Waals surface area contributed by atoms with Crippen LogP contribution in [0.1, 0.15) is 18.4 Å². The Morgan fingerprint density at radius 3 is 2.79 bits per heavy atom. The molecule has 1 aliphatic carbocycles. The number of hydrogen-bond acceptors (Lipinski definition) is 5. The van der Waals surface area contributed by atoms with Crippen LogP contribution in [0.2, 0.25) is 0 Å². The van der Waals surface area contributed by atoms with E-state index in [2.05, 4.69) is 42.6 Å². The van der Waals surface area contributed by atoms with E-state index in [1.807, 2.05) is 25.4 Å². The molecule has 2 aliphatic rings. The highest BCUT2D eigenvalue weighted by Gasteiger charge is 2.22. The molecule has 0 atom stereocenters. The lowest BCUT2D eigenvalue weighted by Crippen LogP contribution is -2.52. The zero-order chi connectivity index (χ0) is 18.5. The molecule has 0 aromatic carbocycles. The van der Waals surface area contributed by atoms with Crippen molar-refractivity contribution in [1.82, 2.24) is 15.2 Å². The molecule has 1 N–H and O–H groups in total. The Bertz CT molecular complexity index is 758. The average Bonchev–Trinajstić information content (AvgIpc) is 3.39. The van der Waals surface area contributed by atoms with E-state index >= 15 is 0 Å². The van der Waals surface area contributed by atoms with Crippen molar-refractivity contribution in [2.75, 3.05) is 44.7 Å². The monoisotopic (exact) mass is 513 g/mol. The summed E-state index contributed by atoms with van der Waals surface area (Å²) in [6.45, 7) is 5.51. The Kier molecular flexibility index (Phi) is 7.78. The topological polar surface area (TPSA) is 53.0 Å². The van der Waals surface area contributed by atoms with Crippen LogP contribution < -0.4 is 15.0 Å². The summed E-state index contributed by atoms with van der Waals surface area (Å²) in [6.07, 6.45) is 4.40. The molecule has 2 fully saturated rings. The summed E-state index contributed by atoms with van der Waals surface area (Å²) in [5.41, 5.74) is 1.16. The maximum Gasteiger partial charge on any atom is 0.213 e. The molecular formula is C20H28IN5OS. The Morgan fingerprint density at radius 1 is 1.29 bits per heavy atom. The number of thiophene rings is 1. The number of halogens is 1. The summed E-state index contributed by atoms with van der Waals surface area (Å²) in [5.74, 6) is 2.42. The van der Waals surface area contributed by atoms with Crippen LogP contribution in [0.3, 0.4) is 0 Å². The number of anilines is 1. The zero-order valence-electron chi connectivity index (χ0n) is 16.2. The maximum atomic E-state index is 5.78. The summed E-state index contributed by atoms with van der Waals surface area (Å²) < 4.78 is 5.78. The van der Waals surface area contributed by atoms with Gasteiger partial charge in [0.25, 0.3) is 0 Å². The van der Waals surface area contributed by atoms with Crippen molar-refractivity contribution in [3.05, 3.63) is 41.4 Å². The Morgan fingerprint density at radius 2 is 2.11 bits per heavy atom. The van der Waals surface area contributed by atoms with Crippen LogP contribution in [0, 0.1) is 5.92 Å². The summed E-state index contributed by atoms with van der Waals surface area (Å²) in [5, 5.41) is 6.98. The van der Waals surface area contributed by atoms with Crippen LogP contribution in [0.25, 0.3) is 0 Å². The third-order valence-corrected chi connectivity index (χ3v) is 5.95. The first kappa shape index (κ1) is 21.2. The van der Waals surface area contributed by atoms with Gasteiger partial charge in [-0.1, -0.05) is 0 Å². The summed E-state index contributed by atoms with van der Waals surface area (Å²) in [6, 6.07) is 8.36. The zero-order valence-corrected chi connectivity index (χ0v) is 19.4. The first-order chi connectivity index (χ1) is 13.3. The van der Waals surface area contributed by atoms with Crippen molar-refractivity contribution in [2.24, 2.45) is 10.9 Å². The molecule has 8 heteroatoms. The smallest absolute Gasteiger partial charge is 0.213 e. The predicted octanol–water partition coefficient (Wildman–Crippen LogP) is 3.45. The van der Waals surface area contributed by atoms with Gasteiger partial charge in [-0.15, -0.1) is 35.3 Å². The second-order valence-electron chi connectivity index (χ2n) is 7.08. The lowest BCUT2D eigenvalue weighted by molar-refractivity contribution is 0.288. The molecule has 0 bridgehead atoms. The summed E-state index contributed by atoms with van der Waals surface area (Å²) in [4.78, 5) is 13.6. The van der Waals surface area contributed by atoms with Crippen molar-refractivity contribution >= 4 is 46.3 Å². The SMILES string of the molecule is CN=C(NCc1ccnc(OCC2CC2)c1)N1CCN(c2cccs2)CC1.I. The molecule has 0 amide bonds. The molecular weight excluding hydrogens is 485 g/mol. The van der Waals surface area contributed by atoms with Gasteiger partial charge in [0.2, 0.25) is 5.88 Å². The van der Waals surface area contributed by atoms with E-state index in [0.717, 1.165) is 62.7 Å². The molecule has 3 heterocycles. The maximum absolute atomic E-state index is 5.78. The molecule has 2 aromatic heterocycles. The third-order valence-electron chi connectivity index (χ3n) is 5.02. The summed E-state index contributed by atoms with van der Waals surface area (Å²) in [7, 11) is 1.85. The third kappa shape index (κ3) is 5.73. The first-order valence-corrected chi connectivity index (χ1v) is 10.5. The van der Waals surface area contributed by atoms with Crippen molar-refractivity contribution in [3.8, 4) is 5.88 Å². The molecule has 1 aliphatic heterocycles. The predicted molar refractivity (Wildman–Crippen MR) is 126 cm³/mol. The second kappa shape index (κ2) is 10.3. The minimum absolute atomic E-state index is 0. The van der Waals surface area contributed by atoms with Crippen LogP contribution in [0.15, 0.2) is 40.8 Å². The Hall–Kier alpha value is -1.55. The highest BCUT2D eigenvalue weighted by molar-refractivity contribution is 14.0. The Labute approximate surface area is 188 Å². The second-order valence-corrected chi connectivity index (χ2v) is 8.01. The largest absolute Gasteiger partial charge is 0.477 e. The fourth-order valence-corrected chi connectivity index (χ4v) is 4.01. The highest BCUT2D eigenvalue weighted by Crippen LogP contribution is 2.29. The molecule has 6 nitrogen and oxygen atoms in total. The highest BCUT2D eigenvalue weighted by atomic mass is 127. The van der Waals surface area contributed by atoms with E-state index < -0.39 is 0 Å². The van der Waals surface area contributed by atoms with Gasteiger partial charge in [-0.25, -0.2) is 4.98 Å². The van der Waals surface area contributed by atoms with Crippen LogP contribution in [0.5, 0.6) is 5.88 Å². The van der Waals surface area contributed by atoms with Crippen LogP contribution in [0.4, 0.5) is 5.00 Å². The number of aromatic nitrogens is 1. The number of rotatable bonds is 6. The van der Waals surface area contributed by atoms with Crippen LogP contribution in [-0.2, 0) is 6.54 Å². The number of nitrogens with zero attached hydrogens (tertiary/aromatic N) is 4. The number of guanidine groups is 1. The van der Waals surface area contributed by atoms with Crippen molar-refractivity contribution in [3.63, 3.8) is 0 Å². The number of aliphatic imine (C=N–C) groups is 1. The average molecular weight is 513 g/mol. The lowest BCUT2D eigenvalue weighted by Gasteiger charge is -2.37. The number of hydrogen-bond donors (Lipinski definition) is 1. The summed E-state index contributed by atoms with van der Waals surface area (Å²) >= 11 is 1.81. The number of pyridine rings is 1. The fraction of sp³-hybridized carbons (Fsp3) is 0.500. The van der Waals surface area contributed by atoms with Gasteiger partial charge in [-0.05, 0) is 47.9 Å². The number of ether oxygens (including phenoxy) is 1. The molecule has 0 radical (unpaired) electrons. The van der Waals surface area contributed by atoms with Gasteiger partial charge in [0.15, 0.2) is 5.96 Å². The van der Waals surface area contributed by atoms with Gasteiger partial charge < -0.3 is 19.9 Å². The molecule has 2 aromatic rings. The molecule has 4 rings (SSSR count). The fourth-order valence-electron chi connectivity index (χ4n) is 3.23. The minimum atomic E-state index is 0. The van der Waals surface area contributed by atoms with Gasteiger partial charge in [0.1, 0.15) is 0 Å². The van der Waals surface area contributed by atoms with Gasteiger partial charge in [-0.3, -0.25) is 4.99 Å². The van der Waals surface area contributed by atoms with Gasteiger partial charge in [0.05, 0.1) is 11.6 Å². The molecule has 0 spiro atoms. The van der Waals surface area contributed by atoms with E-state index in [9.17, 15) is 0 Å². The normalized spacial score (nSPS) is 17.2. The first-order valence-electron chi connectivity index (χ1n) is 9.63. The lowest BCUT2D eigenvalue weighted by atomic mass is 10.2. The van der Waals surface area contributed by atoms with E-state index in [4.69, 9.17) is 4.74 Å². The van der Waals surface area contributed by atoms with E-state index in [0.29, 0.717) is 0 Å². The van der Waals surface area contributed by atoms with Gasteiger partial charge in [0, 0.05) is 52.0 Å². The minimum Gasteiger partial charge on any atom is -0.477 e. The molecule has 1 saturated heterocycles. The number of nitrogens with one attached hydrogen (secondary N) is 1. The van der Waals surface area contributed by atoms with Gasteiger partial charge in [-0.2, -0.15) is 0 Å². The molecule has 1 saturated carbocycles. The van der Waals surface area contributed by atoms with E-state index in [1.54, 1.807) is 11.3 Å². The molecule has 0 unspecified atom stereocenters. The standard InChI is InChI=1S/C20H27N5OS.HI/c1-21-20(25-10-8-24(9-11-25)19-3-2-12-27-19)23-14-17-6-7-22-18(13-17)26-15-16-4-5-16;/h2-3,6-7,12-13,16H,4-5,8-11,14-15H2,1H3,(H,21,23);1H. The quantitative estimate of drug-likeness (QED) is 0.365. The molecule has 152 valence electrons. The van der Waals surface area contributed by atoms with Crippen LogP contribution in [-0.4, -0.2) is 55.7 Å². The Balaban J connectivity index is 0.00000225. The molecule has 28 heavy (non-hydrogen) atoms. The van der Waals surface area contributed by atoms with Gasteiger partial charge >= 0.3 is 0 Å². The van der Waals surface area contributed by atoms with Crippen molar-refractivity contribution in [2.45, 2.75) is 19.4 Å².